The summed E-state index contributed by atoms with van der Waals surface area (Å²) in [5, 5.41) is 10.8. The van der Waals surface area contributed by atoms with Crippen molar-refractivity contribution in [3.8, 4) is 0 Å². The van der Waals surface area contributed by atoms with Crippen LogP contribution in [0.2, 0.25) is 0 Å². The van der Waals surface area contributed by atoms with Gasteiger partial charge in [-0.1, -0.05) is 42.3 Å². The smallest absolute Gasteiger partial charge is 0.309 e. The van der Waals surface area contributed by atoms with Crippen LogP contribution >= 0.6 is 0 Å². The summed E-state index contributed by atoms with van der Waals surface area (Å²) in [4.78, 5) is 14.4. The van der Waals surface area contributed by atoms with E-state index in [1.54, 1.807) is 0 Å². The number of carbonyl (C=O) groups is 1. The number of esters is 1. The standard InChI is InChI=1S/C23H31NO3/c1-2-27-22(25)19-15-23(26,16-19)20-8-6-17(7-9-20)14-18-10-12-24(13-11-18)21-4-3-5-21/h6-9,14,19,21,26H,2-5,10-13,15-16H2,1H3. The second-order valence-corrected chi connectivity index (χ2v) is 8.43. The molecular weight excluding hydrogens is 338 g/mol. The lowest BCUT2D eigenvalue weighted by Crippen LogP contribution is -2.45. The third-order valence-corrected chi connectivity index (χ3v) is 6.64. The quantitative estimate of drug-likeness (QED) is 0.800. The number of benzene rings is 1. The Morgan fingerprint density at radius 1 is 1.22 bits per heavy atom. The molecule has 0 amide bonds. The summed E-state index contributed by atoms with van der Waals surface area (Å²) in [7, 11) is 0. The number of aliphatic hydroxyl groups is 1. The SMILES string of the molecule is CCOC(=O)C1CC(O)(c2ccc(C=C3CCN(C4CCC4)CC3)cc2)C1. The Morgan fingerprint density at radius 2 is 1.89 bits per heavy atom. The van der Waals surface area contributed by atoms with E-state index in [-0.39, 0.29) is 11.9 Å². The van der Waals surface area contributed by atoms with Gasteiger partial charge in [-0.15, -0.1) is 0 Å². The molecule has 27 heavy (non-hydrogen) atoms. The molecule has 0 radical (unpaired) electrons. The first-order valence-corrected chi connectivity index (χ1v) is 10.5. The number of hydrogen-bond donors (Lipinski definition) is 1. The van der Waals surface area contributed by atoms with Crippen molar-refractivity contribution >= 4 is 12.0 Å². The first-order chi connectivity index (χ1) is 13.1. The van der Waals surface area contributed by atoms with E-state index in [2.05, 4.69) is 23.1 Å². The van der Waals surface area contributed by atoms with Gasteiger partial charge in [0.25, 0.3) is 0 Å². The summed E-state index contributed by atoms with van der Waals surface area (Å²) in [6, 6.07) is 9.06. The number of hydrogen-bond acceptors (Lipinski definition) is 4. The summed E-state index contributed by atoms with van der Waals surface area (Å²) in [6.45, 7) is 4.61. The summed E-state index contributed by atoms with van der Waals surface area (Å²) in [5.41, 5.74) is 2.76. The third kappa shape index (κ3) is 3.97. The van der Waals surface area contributed by atoms with Crippen molar-refractivity contribution in [3.63, 3.8) is 0 Å². The van der Waals surface area contributed by atoms with Gasteiger partial charge in [0.2, 0.25) is 0 Å². The predicted octanol–water partition coefficient (Wildman–Crippen LogP) is 3.88. The highest BCUT2D eigenvalue weighted by Gasteiger charge is 2.47. The highest BCUT2D eigenvalue weighted by atomic mass is 16.5. The van der Waals surface area contributed by atoms with Crippen molar-refractivity contribution in [2.45, 2.75) is 63.5 Å². The Morgan fingerprint density at radius 3 is 2.44 bits per heavy atom. The highest BCUT2D eigenvalue weighted by molar-refractivity contribution is 5.74. The number of ether oxygens (including phenoxy) is 1. The lowest BCUT2D eigenvalue weighted by atomic mass is 9.67. The van der Waals surface area contributed by atoms with E-state index < -0.39 is 5.60 Å². The van der Waals surface area contributed by atoms with Gasteiger partial charge in [0.1, 0.15) is 0 Å². The third-order valence-electron chi connectivity index (χ3n) is 6.64. The van der Waals surface area contributed by atoms with Crippen molar-refractivity contribution in [1.82, 2.24) is 4.90 Å². The molecule has 1 heterocycles. The van der Waals surface area contributed by atoms with Gasteiger partial charge in [0.05, 0.1) is 18.1 Å². The van der Waals surface area contributed by atoms with Gasteiger partial charge in [-0.25, -0.2) is 0 Å². The molecule has 1 saturated heterocycles. The highest BCUT2D eigenvalue weighted by Crippen LogP contribution is 2.46. The van der Waals surface area contributed by atoms with E-state index in [1.165, 1.54) is 56.3 Å². The molecule has 0 spiro atoms. The zero-order valence-electron chi connectivity index (χ0n) is 16.3. The molecule has 2 aliphatic carbocycles. The van der Waals surface area contributed by atoms with Crippen LogP contribution in [0.4, 0.5) is 0 Å². The van der Waals surface area contributed by atoms with Gasteiger partial charge < -0.3 is 9.84 Å². The minimum absolute atomic E-state index is 0.169. The minimum Gasteiger partial charge on any atom is -0.466 e. The fourth-order valence-corrected chi connectivity index (χ4v) is 4.62. The fraction of sp³-hybridized carbons (Fsp3) is 0.609. The Labute approximate surface area is 162 Å². The predicted molar refractivity (Wildman–Crippen MR) is 106 cm³/mol. The molecule has 0 bridgehead atoms. The van der Waals surface area contributed by atoms with Gasteiger partial charge in [0, 0.05) is 19.1 Å². The maximum absolute atomic E-state index is 11.8. The van der Waals surface area contributed by atoms with Crippen LogP contribution < -0.4 is 0 Å². The normalized spacial score (nSPS) is 29.0. The maximum Gasteiger partial charge on any atom is 0.309 e. The summed E-state index contributed by atoms with van der Waals surface area (Å²) < 4.78 is 5.05. The van der Waals surface area contributed by atoms with Crippen molar-refractivity contribution < 1.29 is 14.6 Å². The fourth-order valence-electron chi connectivity index (χ4n) is 4.62. The van der Waals surface area contributed by atoms with Crippen LogP contribution in [-0.4, -0.2) is 41.7 Å². The molecule has 146 valence electrons. The van der Waals surface area contributed by atoms with Gasteiger partial charge >= 0.3 is 5.97 Å². The van der Waals surface area contributed by atoms with Crippen LogP contribution in [0.25, 0.3) is 6.08 Å². The van der Waals surface area contributed by atoms with Gasteiger partial charge in [-0.05, 0) is 56.6 Å². The topological polar surface area (TPSA) is 49.8 Å². The first kappa shape index (κ1) is 18.7. The van der Waals surface area contributed by atoms with E-state index in [0.29, 0.717) is 19.4 Å². The van der Waals surface area contributed by atoms with Crippen molar-refractivity contribution in [1.29, 1.82) is 0 Å². The van der Waals surface area contributed by atoms with Crippen LogP contribution in [0.5, 0.6) is 0 Å². The molecular formula is C23H31NO3. The average Bonchev–Trinajstić information content (AvgIpc) is 2.60. The maximum atomic E-state index is 11.8. The molecule has 2 saturated carbocycles. The second-order valence-electron chi connectivity index (χ2n) is 8.43. The van der Waals surface area contributed by atoms with Gasteiger partial charge in [0.15, 0.2) is 0 Å². The molecule has 1 N–H and O–H groups in total. The van der Waals surface area contributed by atoms with Crippen molar-refractivity contribution in [2.75, 3.05) is 19.7 Å². The molecule has 4 rings (SSSR count). The van der Waals surface area contributed by atoms with Crippen LogP contribution in [0.1, 0.15) is 63.0 Å². The zero-order valence-corrected chi connectivity index (χ0v) is 16.3. The molecule has 1 aromatic carbocycles. The Hall–Kier alpha value is -1.65. The Kier molecular flexibility index (Phi) is 5.38. The van der Waals surface area contributed by atoms with Crippen molar-refractivity contribution in [2.24, 2.45) is 5.92 Å². The van der Waals surface area contributed by atoms with Crippen molar-refractivity contribution in [3.05, 3.63) is 41.0 Å². The van der Waals surface area contributed by atoms with E-state index in [0.717, 1.165) is 11.6 Å². The van der Waals surface area contributed by atoms with Gasteiger partial charge in [-0.3, -0.25) is 9.69 Å². The molecule has 1 aliphatic heterocycles. The van der Waals surface area contributed by atoms with Gasteiger partial charge in [-0.2, -0.15) is 0 Å². The van der Waals surface area contributed by atoms with Crippen LogP contribution in [0.15, 0.2) is 29.8 Å². The summed E-state index contributed by atoms with van der Waals surface area (Å²) >= 11 is 0. The van der Waals surface area contributed by atoms with Crippen LogP contribution in [0.3, 0.4) is 0 Å². The molecule has 0 unspecified atom stereocenters. The number of nitrogens with zero attached hydrogens (tertiary/aromatic N) is 1. The monoisotopic (exact) mass is 369 g/mol. The van der Waals surface area contributed by atoms with E-state index in [4.69, 9.17) is 4.74 Å². The lowest BCUT2D eigenvalue weighted by Gasteiger charge is -2.42. The van der Waals surface area contributed by atoms with Crippen LogP contribution in [-0.2, 0) is 15.1 Å². The van der Waals surface area contributed by atoms with E-state index >= 15 is 0 Å². The zero-order chi connectivity index (χ0) is 18.9. The molecule has 1 aromatic rings. The first-order valence-electron chi connectivity index (χ1n) is 10.5. The number of piperidine rings is 1. The minimum atomic E-state index is -0.878. The number of rotatable bonds is 5. The molecule has 0 atom stereocenters. The number of carbonyl (C=O) groups excluding carboxylic acids is 1. The Balaban J connectivity index is 1.32. The van der Waals surface area contributed by atoms with E-state index in [9.17, 15) is 9.90 Å². The summed E-state index contributed by atoms with van der Waals surface area (Å²) in [5.74, 6) is -0.352. The molecule has 4 heteroatoms. The second kappa shape index (κ2) is 7.76. The molecule has 3 aliphatic rings. The largest absolute Gasteiger partial charge is 0.466 e. The number of likely N-dealkylation sites (tertiary alicyclic amines) is 1. The Bertz CT molecular complexity index is 689. The van der Waals surface area contributed by atoms with E-state index in [1.807, 2.05) is 19.1 Å². The van der Waals surface area contributed by atoms with Crippen LogP contribution in [0, 0.1) is 5.92 Å². The lowest BCUT2D eigenvalue weighted by molar-refractivity contribution is -0.165. The molecule has 4 nitrogen and oxygen atoms in total. The summed E-state index contributed by atoms with van der Waals surface area (Å²) in [6.07, 6.45) is 9.76. The average molecular weight is 370 g/mol. The molecule has 3 fully saturated rings. The molecule has 0 aromatic heterocycles.